The van der Waals surface area contributed by atoms with Crippen LogP contribution in [0.2, 0.25) is 0 Å². The zero-order chi connectivity index (χ0) is 12.0. The molecule has 94 valence electrons. The maximum Gasteiger partial charge on any atom is 0.225 e. The zero-order valence-electron chi connectivity index (χ0n) is 10.6. The summed E-state index contributed by atoms with van der Waals surface area (Å²) in [4.78, 5) is 16.2. The molecular formula is C12H25N3O. The van der Waals surface area contributed by atoms with Crippen molar-refractivity contribution < 1.29 is 4.79 Å². The quantitative estimate of drug-likeness (QED) is 0.697. The Bertz CT molecular complexity index is 210. The van der Waals surface area contributed by atoms with Crippen LogP contribution in [0.15, 0.2) is 0 Å². The van der Waals surface area contributed by atoms with E-state index in [1.54, 1.807) is 0 Å². The fourth-order valence-corrected chi connectivity index (χ4v) is 2.04. The fraction of sp³-hybridized carbons (Fsp3) is 0.917. The average molecular weight is 227 g/mol. The molecule has 0 bridgehead atoms. The average Bonchev–Trinajstić information content (AvgIpc) is 2.29. The molecular weight excluding hydrogens is 202 g/mol. The van der Waals surface area contributed by atoms with Crippen molar-refractivity contribution in [2.24, 2.45) is 11.7 Å². The number of nitrogens with zero attached hydrogens (tertiary/aromatic N) is 2. The zero-order valence-corrected chi connectivity index (χ0v) is 10.6. The van der Waals surface area contributed by atoms with Crippen molar-refractivity contribution in [2.75, 3.05) is 39.3 Å². The fourth-order valence-electron chi connectivity index (χ4n) is 2.04. The van der Waals surface area contributed by atoms with E-state index < -0.39 is 0 Å². The van der Waals surface area contributed by atoms with Gasteiger partial charge in [-0.2, -0.15) is 0 Å². The molecule has 1 aliphatic heterocycles. The minimum Gasteiger partial charge on any atom is -0.340 e. The highest BCUT2D eigenvalue weighted by molar-refractivity contribution is 5.78. The van der Waals surface area contributed by atoms with Crippen LogP contribution in [0.25, 0.3) is 0 Å². The molecule has 1 fully saturated rings. The first-order valence-corrected chi connectivity index (χ1v) is 6.36. The van der Waals surface area contributed by atoms with Crippen LogP contribution in [-0.2, 0) is 4.79 Å². The van der Waals surface area contributed by atoms with E-state index >= 15 is 0 Å². The molecule has 2 N–H and O–H groups in total. The second-order valence-electron chi connectivity index (χ2n) is 4.82. The molecule has 0 unspecified atom stereocenters. The summed E-state index contributed by atoms with van der Waals surface area (Å²) < 4.78 is 0. The molecule has 4 heteroatoms. The van der Waals surface area contributed by atoms with Gasteiger partial charge in [-0.25, -0.2) is 0 Å². The number of hydrogen-bond acceptors (Lipinski definition) is 3. The van der Waals surface area contributed by atoms with Gasteiger partial charge in [0.2, 0.25) is 5.91 Å². The molecule has 1 aliphatic rings. The molecule has 1 amide bonds. The van der Waals surface area contributed by atoms with Gasteiger partial charge in [0.1, 0.15) is 0 Å². The standard InChI is InChI=1S/C12H25N3O/c1-11(2)12(16)15-9-7-14(8-10-15)6-4-3-5-13/h11H,3-10,13H2,1-2H3. The van der Waals surface area contributed by atoms with Crippen molar-refractivity contribution in [2.45, 2.75) is 26.7 Å². The molecule has 1 saturated heterocycles. The van der Waals surface area contributed by atoms with Crippen molar-refractivity contribution in [3.05, 3.63) is 0 Å². The molecule has 0 aromatic heterocycles. The van der Waals surface area contributed by atoms with Crippen molar-refractivity contribution >= 4 is 5.91 Å². The Morgan fingerprint density at radius 3 is 2.31 bits per heavy atom. The third-order valence-corrected chi connectivity index (χ3v) is 3.11. The first-order valence-electron chi connectivity index (χ1n) is 6.36. The normalized spacial score (nSPS) is 18.1. The SMILES string of the molecule is CC(C)C(=O)N1CCN(CCCCN)CC1. The summed E-state index contributed by atoms with van der Waals surface area (Å²) >= 11 is 0. The lowest BCUT2D eigenvalue weighted by Crippen LogP contribution is -2.49. The van der Waals surface area contributed by atoms with E-state index in [1.165, 1.54) is 6.42 Å². The maximum atomic E-state index is 11.8. The van der Waals surface area contributed by atoms with E-state index in [4.69, 9.17) is 5.73 Å². The smallest absolute Gasteiger partial charge is 0.225 e. The highest BCUT2D eigenvalue weighted by Crippen LogP contribution is 2.07. The molecule has 16 heavy (non-hydrogen) atoms. The molecule has 0 aromatic rings. The summed E-state index contributed by atoms with van der Waals surface area (Å²) in [6.45, 7) is 9.66. The topological polar surface area (TPSA) is 49.6 Å². The van der Waals surface area contributed by atoms with E-state index in [1.807, 2.05) is 18.7 Å². The first kappa shape index (κ1) is 13.5. The lowest BCUT2D eigenvalue weighted by molar-refractivity contribution is -0.136. The molecule has 0 atom stereocenters. The molecule has 1 heterocycles. The van der Waals surface area contributed by atoms with Gasteiger partial charge in [-0.15, -0.1) is 0 Å². The van der Waals surface area contributed by atoms with Crippen molar-refractivity contribution in [3.8, 4) is 0 Å². The number of piperazine rings is 1. The molecule has 0 aromatic carbocycles. The summed E-state index contributed by atoms with van der Waals surface area (Å²) in [5.74, 6) is 0.422. The number of nitrogens with two attached hydrogens (primary N) is 1. The van der Waals surface area contributed by atoms with Crippen LogP contribution in [-0.4, -0.2) is 55.0 Å². The highest BCUT2D eigenvalue weighted by Gasteiger charge is 2.22. The minimum atomic E-state index is 0.129. The Morgan fingerprint density at radius 2 is 1.81 bits per heavy atom. The van der Waals surface area contributed by atoms with Crippen LogP contribution in [0.5, 0.6) is 0 Å². The van der Waals surface area contributed by atoms with E-state index in [9.17, 15) is 4.79 Å². The van der Waals surface area contributed by atoms with Gasteiger partial charge in [-0.1, -0.05) is 13.8 Å². The maximum absolute atomic E-state index is 11.8. The predicted octanol–water partition coefficient (Wildman–Crippen LogP) is 0.526. The minimum absolute atomic E-state index is 0.129. The van der Waals surface area contributed by atoms with Crippen LogP contribution < -0.4 is 5.73 Å². The molecule has 0 radical (unpaired) electrons. The number of hydrogen-bond donors (Lipinski definition) is 1. The Labute approximate surface area is 98.8 Å². The van der Waals surface area contributed by atoms with E-state index in [2.05, 4.69) is 4.90 Å². The molecule has 0 spiro atoms. The van der Waals surface area contributed by atoms with Crippen LogP contribution in [0.4, 0.5) is 0 Å². The van der Waals surface area contributed by atoms with Gasteiger partial charge in [-0.05, 0) is 25.9 Å². The van der Waals surface area contributed by atoms with E-state index in [0.717, 1.165) is 45.7 Å². The Kier molecular flexibility index (Phi) is 5.77. The Morgan fingerprint density at radius 1 is 1.19 bits per heavy atom. The van der Waals surface area contributed by atoms with Crippen LogP contribution in [0.1, 0.15) is 26.7 Å². The van der Waals surface area contributed by atoms with E-state index in [-0.39, 0.29) is 5.92 Å². The van der Waals surface area contributed by atoms with E-state index in [0.29, 0.717) is 5.91 Å². The lowest BCUT2D eigenvalue weighted by atomic mass is 10.1. The predicted molar refractivity (Wildman–Crippen MR) is 66.1 cm³/mol. The number of rotatable bonds is 5. The summed E-state index contributed by atoms with van der Waals surface area (Å²) in [5, 5.41) is 0. The summed E-state index contributed by atoms with van der Waals surface area (Å²) in [6, 6.07) is 0. The van der Waals surface area contributed by atoms with Gasteiger partial charge in [0.05, 0.1) is 0 Å². The second kappa shape index (κ2) is 6.86. The van der Waals surface area contributed by atoms with Crippen molar-refractivity contribution in [1.82, 2.24) is 9.80 Å². The van der Waals surface area contributed by atoms with Gasteiger partial charge in [0, 0.05) is 32.1 Å². The van der Waals surface area contributed by atoms with Gasteiger partial charge in [0.15, 0.2) is 0 Å². The molecule has 0 aliphatic carbocycles. The van der Waals surface area contributed by atoms with Gasteiger partial charge in [-0.3, -0.25) is 9.69 Å². The van der Waals surface area contributed by atoms with Crippen LogP contribution >= 0.6 is 0 Å². The first-order chi connectivity index (χ1) is 7.65. The number of unbranched alkanes of at least 4 members (excludes halogenated alkanes) is 1. The van der Waals surface area contributed by atoms with Crippen LogP contribution in [0, 0.1) is 5.92 Å². The van der Waals surface area contributed by atoms with Gasteiger partial charge in [0.25, 0.3) is 0 Å². The van der Waals surface area contributed by atoms with Crippen molar-refractivity contribution in [3.63, 3.8) is 0 Å². The lowest BCUT2D eigenvalue weighted by Gasteiger charge is -2.35. The molecule has 0 saturated carbocycles. The third kappa shape index (κ3) is 4.10. The molecule has 4 nitrogen and oxygen atoms in total. The summed E-state index contributed by atoms with van der Waals surface area (Å²) in [7, 11) is 0. The number of carbonyl (C=O) groups is 1. The monoisotopic (exact) mass is 227 g/mol. The van der Waals surface area contributed by atoms with Crippen molar-refractivity contribution in [1.29, 1.82) is 0 Å². The largest absolute Gasteiger partial charge is 0.340 e. The third-order valence-electron chi connectivity index (χ3n) is 3.11. The van der Waals surface area contributed by atoms with Gasteiger partial charge < -0.3 is 10.6 Å². The second-order valence-corrected chi connectivity index (χ2v) is 4.82. The summed E-state index contributed by atoms with van der Waals surface area (Å²) in [5.41, 5.74) is 5.47. The van der Waals surface area contributed by atoms with Gasteiger partial charge >= 0.3 is 0 Å². The molecule has 1 rings (SSSR count). The Hall–Kier alpha value is -0.610. The van der Waals surface area contributed by atoms with Crippen LogP contribution in [0.3, 0.4) is 0 Å². The highest BCUT2D eigenvalue weighted by atomic mass is 16.2. The number of carbonyl (C=O) groups excluding carboxylic acids is 1. The summed E-state index contributed by atoms with van der Waals surface area (Å²) in [6.07, 6.45) is 2.28. The number of amides is 1. The Balaban J connectivity index is 2.20.